The van der Waals surface area contributed by atoms with Crippen LogP contribution in [0.2, 0.25) is 0 Å². The first-order valence-electron chi connectivity index (χ1n) is 9.70. The summed E-state index contributed by atoms with van der Waals surface area (Å²) in [6, 6.07) is 0. The van der Waals surface area contributed by atoms with Gasteiger partial charge in [0.15, 0.2) is 0 Å². The third-order valence-electron chi connectivity index (χ3n) is 3.99. The summed E-state index contributed by atoms with van der Waals surface area (Å²) in [4.78, 5) is 19.1. The summed E-state index contributed by atoms with van der Waals surface area (Å²) in [5.41, 5.74) is 4.03. The van der Waals surface area contributed by atoms with E-state index in [1.54, 1.807) is 0 Å². The molecule has 0 rings (SSSR count). The van der Waals surface area contributed by atoms with Crippen molar-refractivity contribution in [2.24, 2.45) is 5.73 Å². The zero-order valence-corrected chi connectivity index (χ0v) is 15.6. The lowest BCUT2D eigenvalue weighted by molar-refractivity contribution is -0.137. The molecule has 1 amide bonds. The van der Waals surface area contributed by atoms with Gasteiger partial charge in [-0.1, -0.05) is 96.8 Å². The molecule has 0 heterocycles. The summed E-state index contributed by atoms with van der Waals surface area (Å²) in [7, 11) is 0. The zero-order chi connectivity index (χ0) is 18.5. The number of amides is 1. The maximum Gasteiger partial charge on any atom is 0.402 e. The van der Waals surface area contributed by atoms with Crippen molar-refractivity contribution < 1.29 is 19.8 Å². The predicted molar refractivity (Wildman–Crippen MR) is 99.4 cm³/mol. The fraction of sp³-hybridized carbons (Fsp3) is 0.895. The van der Waals surface area contributed by atoms with E-state index in [0.717, 1.165) is 12.8 Å². The molecule has 5 nitrogen and oxygen atoms in total. The first kappa shape index (κ1) is 25.0. The Bertz CT molecular complexity index is 279. The van der Waals surface area contributed by atoms with E-state index in [9.17, 15) is 4.79 Å². The molecular formula is C19H39NO4. The van der Waals surface area contributed by atoms with E-state index in [-0.39, 0.29) is 0 Å². The summed E-state index contributed by atoms with van der Waals surface area (Å²) in [6.45, 7) is 2.27. The number of hydrogen-bond donors (Lipinski definition) is 3. The van der Waals surface area contributed by atoms with Crippen LogP contribution in [-0.4, -0.2) is 22.3 Å². The minimum atomic E-state index is -1.33. The molecule has 0 fully saturated rings. The first-order chi connectivity index (χ1) is 11.5. The number of hydrogen-bond acceptors (Lipinski definition) is 2. The van der Waals surface area contributed by atoms with E-state index >= 15 is 0 Å². The van der Waals surface area contributed by atoms with Crippen molar-refractivity contribution >= 4 is 12.1 Å². The Hall–Kier alpha value is -1.26. The lowest BCUT2D eigenvalue weighted by Crippen LogP contribution is -2.03. The second-order valence-electron chi connectivity index (χ2n) is 6.43. The molecule has 0 saturated heterocycles. The highest BCUT2D eigenvalue weighted by Crippen LogP contribution is 2.13. The summed E-state index contributed by atoms with van der Waals surface area (Å²) < 4.78 is 0. The Labute approximate surface area is 148 Å². The van der Waals surface area contributed by atoms with Crippen LogP contribution in [0.25, 0.3) is 0 Å². The number of carboxylic acids is 1. The van der Waals surface area contributed by atoms with E-state index in [1.807, 2.05) is 0 Å². The molecule has 0 aliphatic heterocycles. The number of carbonyl (C=O) groups is 2. The Kier molecular flexibility index (Phi) is 22.6. The van der Waals surface area contributed by atoms with Crippen molar-refractivity contribution in [2.75, 3.05) is 0 Å². The molecule has 5 heteroatoms. The quantitative estimate of drug-likeness (QED) is 0.301. The molecule has 0 saturated carbocycles. The monoisotopic (exact) mass is 345 g/mol. The fourth-order valence-electron chi connectivity index (χ4n) is 2.65. The maximum atomic E-state index is 10.3. The van der Waals surface area contributed by atoms with E-state index in [2.05, 4.69) is 12.7 Å². The van der Waals surface area contributed by atoms with Crippen molar-refractivity contribution in [1.82, 2.24) is 0 Å². The molecule has 0 radical (unpaired) electrons. The zero-order valence-electron chi connectivity index (χ0n) is 15.6. The predicted octanol–water partition coefficient (Wildman–Crippen LogP) is 5.96. The van der Waals surface area contributed by atoms with Crippen LogP contribution in [0.1, 0.15) is 110 Å². The normalized spacial score (nSPS) is 10.0. The van der Waals surface area contributed by atoms with Gasteiger partial charge in [0.1, 0.15) is 0 Å². The molecule has 0 aliphatic rings. The van der Waals surface area contributed by atoms with Gasteiger partial charge in [0.05, 0.1) is 0 Å². The van der Waals surface area contributed by atoms with Gasteiger partial charge < -0.3 is 15.9 Å². The summed E-state index contributed by atoms with van der Waals surface area (Å²) in [6.07, 6.45) is 18.9. The third kappa shape index (κ3) is 32.6. The Balaban J connectivity index is 0. The molecular weight excluding hydrogens is 306 g/mol. The highest BCUT2D eigenvalue weighted by molar-refractivity contribution is 5.66. The summed E-state index contributed by atoms with van der Waals surface area (Å²) in [5, 5.41) is 15.7. The minimum absolute atomic E-state index is 0.345. The first-order valence-corrected chi connectivity index (χ1v) is 9.70. The summed E-state index contributed by atoms with van der Waals surface area (Å²) >= 11 is 0. The highest BCUT2D eigenvalue weighted by Gasteiger charge is 1.97. The van der Waals surface area contributed by atoms with Gasteiger partial charge in [0.25, 0.3) is 0 Å². The second-order valence-corrected chi connectivity index (χ2v) is 6.43. The molecule has 0 aromatic rings. The Morgan fingerprint density at radius 1 is 0.625 bits per heavy atom. The molecule has 24 heavy (non-hydrogen) atoms. The van der Waals surface area contributed by atoms with Gasteiger partial charge in [-0.3, -0.25) is 4.79 Å². The van der Waals surface area contributed by atoms with Crippen LogP contribution in [-0.2, 0) is 4.79 Å². The molecule has 0 aromatic carbocycles. The van der Waals surface area contributed by atoms with Gasteiger partial charge in [-0.05, 0) is 6.42 Å². The number of unbranched alkanes of at least 4 members (excludes halogenated alkanes) is 14. The number of nitrogens with two attached hydrogens (primary N) is 1. The van der Waals surface area contributed by atoms with E-state index in [0.29, 0.717) is 6.42 Å². The van der Waals surface area contributed by atoms with Crippen molar-refractivity contribution in [3.8, 4) is 0 Å². The van der Waals surface area contributed by atoms with Crippen LogP contribution in [0.4, 0.5) is 4.79 Å². The van der Waals surface area contributed by atoms with E-state index < -0.39 is 12.1 Å². The van der Waals surface area contributed by atoms with Gasteiger partial charge in [-0.25, -0.2) is 4.79 Å². The number of carboxylic acid groups (broad SMARTS) is 2. The van der Waals surface area contributed by atoms with E-state index in [4.69, 9.17) is 15.0 Å². The van der Waals surface area contributed by atoms with Crippen LogP contribution >= 0.6 is 0 Å². The van der Waals surface area contributed by atoms with Crippen molar-refractivity contribution in [3.05, 3.63) is 0 Å². The van der Waals surface area contributed by atoms with Gasteiger partial charge in [0.2, 0.25) is 0 Å². The highest BCUT2D eigenvalue weighted by atomic mass is 16.4. The van der Waals surface area contributed by atoms with Gasteiger partial charge >= 0.3 is 12.1 Å². The largest absolute Gasteiger partial charge is 0.481 e. The third-order valence-corrected chi connectivity index (χ3v) is 3.99. The topological polar surface area (TPSA) is 101 Å². The van der Waals surface area contributed by atoms with Crippen LogP contribution in [0.15, 0.2) is 0 Å². The lowest BCUT2D eigenvalue weighted by Gasteiger charge is -2.03. The van der Waals surface area contributed by atoms with E-state index in [1.165, 1.54) is 83.5 Å². The van der Waals surface area contributed by atoms with Gasteiger partial charge in [-0.15, -0.1) is 0 Å². The number of rotatable bonds is 16. The van der Waals surface area contributed by atoms with Crippen LogP contribution in [0.3, 0.4) is 0 Å². The minimum Gasteiger partial charge on any atom is -0.481 e. The lowest BCUT2D eigenvalue weighted by atomic mass is 10.0. The second kappa shape index (κ2) is 21.7. The Morgan fingerprint density at radius 3 is 1.12 bits per heavy atom. The SMILES string of the molecule is CCCCCCCCCCCCCCCCCC(=O)O.NC(=O)O. The molecule has 144 valence electrons. The molecule has 0 bridgehead atoms. The van der Waals surface area contributed by atoms with Crippen molar-refractivity contribution in [1.29, 1.82) is 0 Å². The molecule has 0 aromatic heterocycles. The molecule has 4 N–H and O–H groups in total. The average Bonchev–Trinajstić information content (AvgIpc) is 2.50. The molecule has 0 unspecified atom stereocenters. The summed E-state index contributed by atoms with van der Waals surface area (Å²) in [5.74, 6) is -0.653. The van der Waals surface area contributed by atoms with Crippen LogP contribution in [0, 0.1) is 0 Å². The molecule has 0 atom stereocenters. The van der Waals surface area contributed by atoms with Gasteiger partial charge in [-0.2, -0.15) is 0 Å². The Morgan fingerprint density at radius 2 is 0.875 bits per heavy atom. The average molecular weight is 346 g/mol. The maximum absolute atomic E-state index is 10.3. The van der Waals surface area contributed by atoms with Crippen LogP contribution < -0.4 is 5.73 Å². The van der Waals surface area contributed by atoms with Crippen molar-refractivity contribution in [2.45, 2.75) is 110 Å². The molecule has 0 aliphatic carbocycles. The standard InChI is InChI=1S/C18H36O2.CH3NO2/c1-2-3-4-5-6-7-8-9-10-11-12-13-14-15-16-17-18(19)20;2-1(3)4/h2-17H2,1H3,(H,19,20);2H2,(H,3,4). The molecule has 0 spiro atoms. The van der Waals surface area contributed by atoms with Gasteiger partial charge in [0, 0.05) is 6.42 Å². The fourth-order valence-corrected chi connectivity index (χ4v) is 2.65. The van der Waals surface area contributed by atoms with Crippen LogP contribution in [0.5, 0.6) is 0 Å². The smallest absolute Gasteiger partial charge is 0.402 e. The number of primary amides is 1. The number of aliphatic carboxylic acids is 1. The van der Waals surface area contributed by atoms with Crippen molar-refractivity contribution in [3.63, 3.8) is 0 Å².